The second-order valence-corrected chi connectivity index (χ2v) is 4.61. The molecule has 0 bridgehead atoms. The molecule has 0 aliphatic carbocycles. The lowest BCUT2D eigenvalue weighted by Gasteiger charge is -2.25. The second kappa shape index (κ2) is 4.85. The van der Waals surface area contributed by atoms with E-state index in [-0.39, 0.29) is 23.1 Å². The predicted molar refractivity (Wildman–Crippen MR) is 63.2 cm³/mol. The fourth-order valence-corrected chi connectivity index (χ4v) is 2.13. The van der Waals surface area contributed by atoms with Crippen LogP contribution in [0.3, 0.4) is 0 Å². The van der Waals surface area contributed by atoms with Crippen LogP contribution in [0.2, 0.25) is 0 Å². The minimum absolute atomic E-state index is 0.186. The zero-order chi connectivity index (χ0) is 13.3. The molecule has 0 atom stereocenters. The summed E-state index contributed by atoms with van der Waals surface area (Å²) in [5.74, 6) is -2.04. The van der Waals surface area contributed by atoms with Gasteiger partial charge in [0.2, 0.25) is 11.8 Å². The lowest BCUT2D eigenvalue weighted by Crippen LogP contribution is -2.53. The van der Waals surface area contributed by atoms with Crippen LogP contribution in [0.1, 0.15) is 10.4 Å². The molecule has 1 aromatic rings. The summed E-state index contributed by atoms with van der Waals surface area (Å²) in [6.07, 6.45) is 0. The van der Waals surface area contributed by atoms with Gasteiger partial charge in [-0.25, -0.2) is 4.39 Å². The number of amides is 3. The van der Waals surface area contributed by atoms with Gasteiger partial charge in [-0.1, -0.05) is 0 Å². The number of benzene rings is 1. The number of hydrogen-bond donors (Lipinski definition) is 1. The number of halogens is 2. The summed E-state index contributed by atoms with van der Waals surface area (Å²) < 4.78 is 13.2. The van der Waals surface area contributed by atoms with Crippen LogP contribution in [0, 0.1) is 5.82 Å². The largest absolute Gasteiger partial charge is 0.320 e. The standard InChI is InChI=1S/C11H8BrFN2O3/c12-8-3-6(13)1-2-7(8)11(18)15-4-9(16)14-10(17)5-15/h1-3H,4-5H2,(H,14,16,17). The Balaban J connectivity index is 2.25. The molecule has 94 valence electrons. The van der Waals surface area contributed by atoms with E-state index < -0.39 is 23.5 Å². The maximum atomic E-state index is 12.9. The van der Waals surface area contributed by atoms with E-state index in [1.807, 2.05) is 0 Å². The Bertz CT molecular complexity index is 531. The van der Waals surface area contributed by atoms with Crippen molar-refractivity contribution < 1.29 is 18.8 Å². The molecule has 0 aromatic heterocycles. The molecule has 2 rings (SSSR count). The van der Waals surface area contributed by atoms with Crippen LogP contribution in [0.5, 0.6) is 0 Å². The number of nitrogens with zero attached hydrogens (tertiary/aromatic N) is 1. The van der Waals surface area contributed by atoms with Gasteiger partial charge < -0.3 is 4.90 Å². The first-order valence-electron chi connectivity index (χ1n) is 5.04. The lowest BCUT2D eigenvalue weighted by atomic mass is 10.2. The van der Waals surface area contributed by atoms with Crippen LogP contribution < -0.4 is 5.32 Å². The molecule has 0 saturated carbocycles. The summed E-state index contributed by atoms with van der Waals surface area (Å²) in [7, 11) is 0. The van der Waals surface area contributed by atoms with Gasteiger partial charge in [0.1, 0.15) is 18.9 Å². The van der Waals surface area contributed by atoms with Crippen molar-refractivity contribution in [2.24, 2.45) is 0 Å². The molecule has 1 heterocycles. The molecule has 1 fully saturated rings. The third kappa shape index (κ3) is 2.56. The van der Waals surface area contributed by atoms with Crippen molar-refractivity contribution in [2.45, 2.75) is 0 Å². The van der Waals surface area contributed by atoms with Crippen molar-refractivity contribution in [1.29, 1.82) is 0 Å². The normalized spacial score (nSPS) is 15.6. The van der Waals surface area contributed by atoms with E-state index in [0.717, 1.165) is 17.0 Å². The highest BCUT2D eigenvalue weighted by molar-refractivity contribution is 9.10. The maximum Gasteiger partial charge on any atom is 0.255 e. The fraction of sp³-hybridized carbons (Fsp3) is 0.182. The molecule has 1 aliphatic heterocycles. The van der Waals surface area contributed by atoms with Gasteiger partial charge in [0.25, 0.3) is 5.91 Å². The summed E-state index contributed by atoms with van der Waals surface area (Å²) in [6.45, 7) is -0.372. The van der Waals surface area contributed by atoms with E-state index in [1.165, 1.54) is 6.07 Å². The van der Waals surface area contributed by atoms with Crippen molar-refractivity contribution in [3.63, 3.8) is 0 Å². The predicted octanol–water partition coefficient (Wildman–Crippen LogP) is 0.687. The van der Waals surface area contributed by atoms with E-state index in [1.54, 1.807) is 0 Å². The molecule has 1 aliphatic rings. The van der Waals surface area contributed by atoms with Gasteiger partial charge in [-0.2, -0.15) is 0 Å². The molecular weight excluding hydrogens is 307 g/mol. The minimum Gasteiger partial charge on any atom is -0.320 e. The Hall–Kier alpha value is -1.76. The van der Waals surface area contributed by atoms with E-state index in [0.29, 0.717) is 0 Å². The average molecular weight is 315 g/mol. The summed E-state index contributed by atoms with van der Waals surface area (Å²) in [5, 5.41) is 2.10. The third-order valence-electron chi connectivity index (χ3n) is 2.40. The van der Waals surface area contributed by atoms with Crippen LogP contribution >= 0.6 is 15.9 Å². The number of rotatable bonds is 1. The van der Waals surface area contributed by atoms with Gasteiger partial charge in [0.15, 0.2) is 0 Å². The Morgan fingerprint density at radius 2 is 1.89 bits per heavy atom. The monoisotopic (exact) mass is 314 g/mol. The number of nitrogens with one attached hydrogen (secondary N) is 1. The maximum absolute atomic E-state index is 12.9. The van der Waals surface area contributed by atoms with E-state index >= 15 is 0 Å². The summed E-state index contributed by atoms with van der Waals surface area (Å²) >= 11 is 3.07. The van der Waals surface area contributed by atoms with E-state index in [2.05, 4.69) is 21.2 Å². The van der Waals surface area contributed by atoms with Gasteiger partial charge in [-0.15, -0.1) is 0 Å². The molecule has 0 spiro atoms. The lowest BCUT2D eigenvalue weighted by molar-refractivity contribution is -0.135. The Labute approximate surface area is 110 Å². The summed E-state index contributed by atoms with van der Waals surface area (Å²) in [5.41, 5.74) is 0.207. The van der Waals surface area contributed by atoms with Crippen LogP contribution in [0.4, 0.5) is 4.39 Å². The molecule has 1 aromatic carbocycles. The van der Waals surface area contributed by atoms with Gasteiger partial charge in [0, 0.05) is 4.47 Å². The van der Waals surface area contributed by atoms with Gasteiger partial charge in [-0.05, 0) is 34.1 Å². The van der Waals surface area contributed by atoms with Crippen molar-refractivity contribution in [1.82, 2.24) is 10.2 Å². The summed E-state index contributed by atoms with van der Waals surface area (Å²) in [4.78, 5) is 35.5. The van der Waals surface area contributed by atoms with E-state index in [4.69, 9.17) is 0 Å². The molecule has 5 nitrogen and oxygen atoms in total. The molecule has 3 amide bonds. The Morgan fingerprint density at radius 3 is 2.44 bits per heavy atom. The fourth-order valence-electron chi connectivity index (χ4n) is 1.61. The first-order valence-corrected chi connectivity index (χ1v) is 5.83. The van der Waals surface area contributed by atoms with Gasteiger partial charge in [0.05, 0.1) is 5.56 Å². The van der Waals surface area contributed by atoms with Crippen molar-refractivity contribution in [3.8, 4) is 0 Å². The highest BCUT2D eigenvalue weighted by Gasteiger charge is 2.28. The van der Waals surface area contributed by atoms with Crippen LogP contribution in [-0.2, 0) is 9.59 Å². The molecule has 1 saturated heterocycles. The average Bonchev–Trinajstić information content (AvgIpc) is 2.26. The molecule has 0 unspecified atom stereocenters. The van der Waals surface area contributed by atoms with Crippen molar-refractivity contribution in [3.05, 3.63) is 34.1 Å². The van der Waals surface area contributed by atoms with Crippen LogP contribution in [0.15, 0.2) is 22.7 Å². The van der Waals surface area contributed by atoms with E-state index in [9.17, 15) is 18.8 Å². The number of piperazine rings is 1. The molecular formula is C11H8BrFN2O3. The van der Waals surface area contributed by atoms with Crippen molar-refractivity contribution >= 4 is 33.7 Å². The first-order chi connectivity index (χ1) is 8.47. The molecule has 7 heteroatoms. The summed E-state index contributed by atoms with van der Waals surface area (Å²) in [6, 6.07) is 3.60. The zero-order valence-electron chi connectivity index (χ0n) is 9.07. The van der Waals surface area contributed by atoms with Crippen molar-refractivity contribution in [2.75, 3.05) is 13.1 Å². The second-order valence-electron chi connectivity index (χ2n) is 3.76. The van der Waals surface area contributed by atoms with Crippen LogP contribution in [-0.4, -0.2) is 35.7 Å². The number of imide groups is 1. The highest BCUT2D eigenvalue weighted by Crippen LogP contribution is 2.20. The third-order valence-corrected chi connectivity index (χ3v) is 3.05. The number of hydrogen-bond acceptors (Lipinski definition) is 3. The van der Waals surface area contributed by atoms with Gasteiger partial charge in [-0.3, -0.25) is 19.7 Å². The van der Waals surface area contributed by atoms with Crippen LogP contribution in [0.25, 0.3) is 0 Å². The highest BCUT2D eigenvalue weighted by atomic mass is 79.9. The topological polar surface area (TPSA) is 66.5 Å². The Morgan fingerprint density at radius 1 is 1.28 bits per heavy atom. The molecule has 1 N–H and O–H groups in total. The quantitative estimate of drug-likeness (QED) is 0.775. The smallest absolute Gasteiger partial charge is 0.255 e. The Kier molecular flexibility index (Phi) is 3.42. The van der Waals surface area contributed by atoms with Gasteiger partial charge >= 0.3 is 0 Å². The minimum atomic E-state index is -0.530. The first kappa shape index (κ1) is 12.7. The molecule has 18 heavy (non-hydrogen) atoms. The number of carbonyl (C=O) groups excluding carboxylic acids is 3. The zero-order valence-corrected chi connectivity index (χ0v) is 10.7. The molecule has 0 radical (unpaired) electrons. The SMILES string of the molecule is O=C1CN(C(=O)c2ccc(F)cc2Br)CC(=O)N1. The number of carbonyl (C=O) groups is 3.